The van der Waals surface area contributed by atoms with Gasteiger partial charge in [0.2, 0.25) is 5.95 Å². The van der Waals surface area contributed by atoms with Crippen LogP contribution in [0.5, 0.6) is 0 Å². The van der Waals surface area contributed by atoms with Gasteiger partial charge in [-0.05, 0) is 116 Å². The van der Waals surface area contributed by atoms with Crippen molar-refractivity contribution >= 4 is 43.7 Å². The van der Waals surface area contributed by atoms with Gasteiger partial charge < -0.3 is 4.42 Å². The van der Waals surface area contributed by atoms with E-state index in [2.05, 4.69) is 213 Å². The molecule has 71 heavy (non-hydrogen) atoms. The molecule has 5 heteroatoms. The Balaban J connectivity index is 0.966. The lowest BCUT2D eigenvalue weighted by molar-refractivity contribution is 0.660. The number of furan rings is 1. The molecule has 3 heterocycles. The fourth-order valence-corrected chi connectivity index (χ4v) is 11.1. The van der Waals surface area contributed by atoms with Crippen molar-refractivity contribution in [1.82, 2.24) is 19.5 Å². The van der Waals surface area contributed by atoms with Crippen LogP contribution < -0.4 is 0 Å². The standard InChI is InChI=1S/C66H44N4O/c1-66(2)57-28-12-9-25-50(57)55-37-46(32-34-58(55)66)44-22-15-21-43(35-44)45-23-16-24-47(36-45)54-38-49(41-17-5-3-6-18-41)39-56-51-26-10-13-29-59(51)70(62(54)56)65-68-63(42-19-7-4-8-20-42)67-64(69-65)48-31-33-53-52-27-11-14-30-60(52)71-61(53)40-48/h3-40H,1-2H3. The monoisotopic (exact) mass is 908 g/mol. The molecule has 0 aliphatic heterocycles. The van der Waals surface area contributed by atoms with Gasteiger partial charge in [0.1, 0.15) is 11.2 Å². The van der Waals surface area contributed by atoms with E-state index in [4.69, 9.17) is 19.4 Å². The Morgan fingerprint density at radius 1 is 0.338 bits per heavy atom. The molecule has 0 atom stereocenters. The van der Waals surface area contributed by atoms with E-state index in [1.54, 1.807) is 0 Å². The van der Waals surface area contributed by atoms with Crippen LogP contribution in [-0.4, -0.2) is 19.5 Å². The fourth-order valence-electron chi connectivity index (χ4n) is 11.1. The van der Waals surface area contributed by atoms with Gasteiger partial charge in [-0.25, -0.2) is 4.98 Å². The Kier molecular flexibility index (Phi) is 9.17. The predicted molar refractivity (Wildman–Crippen MR) is 292 cm³/mol. The van der Waals surface area contributed by atoms with Crippen LogP contribution in [0.2, 0.25) is 0 Å². The molecule has 10 aromatic carbocycles. The van der Waals surface area contributed by atoms with E-state index in [-0.39, 0.29) is 5.41 Å². The number of aromatic nitrogens is 4. The average Bonchev–Trinajstić information content (AvgIpc) is 4.06. The second-order valence-corrected chi connectivity index (χ2v) is 19.2. The molecule has 1 aliphatic rings. The van der Waals surface area contributed by atoms with E-state index in [1.807, 2.05) is 36.4 Å². The first-order valence-electron chi connectivity index (χ1n) is 24.2. The maximum Gasteiger partial charge on any atom is 0.238 e. The van der Waals surface area contributed by atoms with Crippen molar-refractivity contribution in [2.75, 3.05) is 0 Å². The summed E-state index contributed by atoms with van der Waals surface area (Å²) in [5.74, 6) is 1.67. The average molecular weight is 909 g/mol. The van der Waals surface area contributed by atoms with Gasteiger partial charge in [0.25, 0.3) is 0 Å². The number of fused-ring (bicyclic) bond motifs is 9. The summed E-state index contributed by atoms with van der Waals surface area (Å²) in [7, 11) is 0. The number of hydrogen-bond acceptors (Lipinski definition) is 4. The lowest BCUT2D eigenvalue weighted by Crippen LogP contribution is -2.14. The van der Waals surface area contributed by atoms with Gasteiger partial charge in [0.15, 0.2) is 11.6 Å². The van der Waals surface area contributed by atoms with Gasteiger partial charge >= 0.3 is 0 Å². The minimum atomic E-state index is -0.0389. The minimum absolute atomic E-state index is 0.0389. The van der Waals surface area contributed by atoms with Crippen LogP contribution in [0, 0.1) is 0 Å². The van der Waals surface area contributed by atoms with Crippen molar-refractivity contribution in [2.45, 2.75) is 19.3 Å². The van der Waals surface area contributed by atoms with Crippen molar-refractivity contribution in [1.29, 1.82) is 0 Å². The van der Waals surface area contributed by atoms with Crippen molar-refractivity contribution < 1.29 is 4.42 Å². The molecule has 0 saturated heterocycles. The quantitative estimate of drug-likeness (QED) is 0.160. The van der Waals surface area contributed by atoms with E-state index in [9.17, 15) is 0 Å². The third-order valence-corrected chi connectivity index (χ3v) is 14.7. The molecule has 13 aromatic rings. The summed E-state index contributed by atoms with van der Waals surface area (Å²) in [4.78, 5) is 15.9. The number of rotatable bonds is 7. The third-order valence-electron chi connectivity index (χ3n) is 14.7. The molecule has 0 unspecified atom stereocenters. The maximum atomic E-state index is 6.39. The first kappa shape index (κ1) is 40.8. The zero-order valence-electron chi connectivity index (χ0n) is 39.1. The lowest BCUT2D eigenvalue weighted by Gasteiger charge is -2.21. The summed E-state index contributed by atoms with van der Waals surface area (Å²) in [6, 6.07) is 82.3. The first-order chi connectivity index (χ1) is 34.9. The molecule has 0 N–H and O–H groups in total. The molecule has 14 rings (SSSR count). The Morgan fingerprint density at radius 3 is 1.69 bits per heavy atom. The van der Waals surface area contributed by atoms with Gasteiger partial charge in [-0.1, -0.05) is 190 Å². The van der Waals surface area contributed by atoms with Crippen molar-refractivity contribution in [2.24, 2.45) is 0 Å². The molecular formula is C66H44N4O. The Bertz CT molecular complexity index is 4260. The highest BCUT2D eigenvalue weighted by Crippen LogP contribution is 2.50. The molecule has 3 aromatic heterocycles. The summed E-state index contributed by atoms with van der Waals surface area (Å²) < 4.78 is 8.63. The highest BCUT2D eigenvalue weighted by molar-refractivity contribution is 6.15. The van der Waals surface area contributed by atoms with Gasteiger partial charge in [0, 0.05) is 43.7 Å². The largest absolute Gasteiger partial charge is 0.456 e. The summed E-state index contributed by atoms with van der Waals surface area (Å²) >= 11 is 0. The van der Waals surface area contributed by atoms with Gasteiger partial charge in [0.05, 0.1) is 11.0 Å². The van der Waals surface area contributed by atoms with E-state index in [0.717, 1.165) is 88.3 Å². The fraction of sp³-hybridized carbons (Fsp3) is 0.0455. The number of nitrogens with zero attached hydrogens (tertiary/aromatic N) is 4. The molecule has 0 fully saturated rings. The smallest absolute Gasteiger partial charge is 0.238 e. The molecule has 0 bridgehead atoms. The molecule has 0 amide bonds. The van der Waals surface area contributed by atoms with Crippen LogP contribution in [0.3, 0.4) is 0 Å². The van der Waals surface area contributed by atoms with Crippen LogP contribution >= 0.6 is 0 Å². The molecule has 1 aliphatic carbocycles. The van der Waals surface area contributed by atoms with Crippen LogP contribution in [0.15, 0.2) is 235 Å². The summed E-state index contributed by atoms with van der Waals surface area (Å²) in [5.41, 5.74) is 19.9. The summed E-state index contributed by atoms with van der Waals surface area (Å²) in [6.45, 7) is 4.67. The van der Waals surface area contributed by atoms with Crippen molar-refractivity contribution in [3.05, 3.63) is 242 Å². The Hall–Kier alpha value is -9.19. The Labute approximate surface area is 411 Å². The second-order valence-electron chi connectivity index (χ2n) is 19.2. The Morgan fingerprint density at radius 2 is 0.901 bits per heavy atom. The highest BCUT2D eigenvalue weighted by atomic mass is 16.3. The molecular weight excluding hydrogens is 865 g/mol. The number of hydrogen-bond donors (Lipinski definition) is 0. The first-order valence-corrected chi connectivity index (χ1v) is 24.2. The van der Waals surface area contributed by atoms with Crippen LogP contribution in [0.1, 0.15) is 25.0 Å². The number of para-hydroxylation sites is 2. The molecule has 5 nitrogen and oxygen atoms in total. The normalized spacial score (nSPS) is 12.8. The van der Waals surface area contributed by atoms with E-state index >= 15 is 0 Å². The van der Waals surface area contributed by atoms with Crippen molar-refractivity contribution in [3.8, 4) is 84.4 Å². The van der Waals surface area contributed by atoms with E-state index in [1.165, 1.54) is 33.4 Å². The van der Waals surface area contributed by atoms with Crippen LogP contribution in [-0.2, 0) is 5.41 Å². The van der Waals surface area contributed by atoms with E-state index in [0.29, 0.717) is 17.6 Å². The lowest BCUT2D eigenvalue weighted by atomic mass is 9.82. The molecule has 334 valence electrons. The van der Waals surface area contributed by atoms with Gasteiger partial charge in [-0.2, -0.15) is 9.97 Å². The number of benzene rings is 10. The molecule has 0 radical (unpaired) electrons. The second kappa shape index (κ2) is 15.9. The van der Waals surface area contributed by atoms with E-state index < -0.39 is 0 Å². The topological polar surface area (TPSA) is 56.7 Å². The SMILES string of the molecule is CC1(C)c2ccccc2-c2cc(-c3cccc(-c4cccc(-c5cc(-c6ccccc6)cc6c7ccccc7n(-c7nc(-c8ccccc8)nc(-c8ccc9c(c8)oc8ccccc89)n7)c56)c4)c3)ccc21. The summed E-state index contributed by atoms with van der Waals surface area (Å²) in [6.07, 6.45) is 0. The predicted octanol–water partition coefficient (Wildman–Crippen LogP) is 17.2. The zero-order chi connectivity index (χ0) is 47.2. The van der Waals surface area contributed by atoms with Crippen LogP contribution in [0.25, 0.3) is 128 Å². The zero-order valence-corrected chi connectivity index (χ0v) is 39.1. The highest BCUT2D eigenvalue weighted by Gasteiger charge is 2.35. The minimum Gasteiger partial charge on any atom is -0.456 e. The van der Waals surface area contributed by atoms with Crippen LogP contribution in [0.4, 0.5) is 0 Å². The van der Waals surface area contributed by atoms with Gasteiger partial charge in [-0.15, -0.1) is 0 Å². The third kappa shape index (κ3) is 6.65. The van der Waals surface area contributed by atoms with Crippen molar-refractivity contribution in [3.63, 3.8) is 0 Å². The summed E-state index contributed by atoms with van der Waals surface area (Å²) in [5, 5.41) is 4.35. The maximum absolute atomic E-state index is 6.39. The molecule has 0 saturated carbocycles. The van der Waals surface area contributed by atoms with Gasteiger partial charge in [-0.3, -0.25) is 4.57 Å². The molecule has 0 spiro atoms.